The van der Waals surface area contributed by atoms with E-state index in [0.29, 0.717) is 23.0 Å². The highest BCUT2D eigenvalue weighted by atomic mass is 32.2. The molecule has 2 aromatic carbocycles. The van der Waals surface area contributed by atoms with E-state index in [4.69, 9.17) is 0 Å². The van der Waals surface area contributed by atoms with Crippen LogP contribution in [0.2, 0.25) is 0 Å². The van der Waals surface area contributed by atoms with Crippen LogP contribution in [0.1, 0.15) is 35.2 Å². The molecular formula is C25H30N6O2S. The second kappa shape index (κ2) is 11.2. The fraction of sp³-hybridized carbons (Fsp3) is 0.360. The zero-order chi connectivity index (χ0) is 23.9. The first-order chi connectivity index (χ1) is 16.5. The second-order valence-electron chi connectivity index (χ2n) is 8.52. The van der Waals surface area contributed by atoms with E-state index >= 15 is 0 Å². The zero-order valence-corrected chi connectivity index (χ0v) is 20.4. The number of carbonyl (C=O) groups excluding carboxylic acids is 2. The maximum atomic E-state index is 13.0. The summed E-state index contributed by atoms with van der Waals surface area (Å²) in [6, 6.07) is 15.5. The molecule has 1 saturated heterocycles. The maximum absolute atomic E-state index is 13.0. The number of hydrogen-bond acceptors (Lipinski definition) is 6. The summed E-state index contributed by atoms with van der Waals surface area (Å²) in [7, 11) is 3.62. The summed E-state index contributed by atoms with van der Waals surface area (Å²) in [6.07, 6.45) is 5.40. The van der Waals surface area contributed by atoms with Gasteiger partial charge in [-0.15, -0.1) is 10.2 Å². The van der Waals surface area contributed by atoms with Crippen molar-refractivity contribution in [3.8, 4) is 0 Å². The maximum Gasteiger partial charge on any atom is 0.253 e. The molecule has 9 heteroatoms. The summed E-state index contributed by atoms with van der Waals surface area (Å²) in [6.45, 7) is 2.75. The molecule has 0 spiro atoms. The molecule has 1 fully saturated rings. The molecule has 0 bridgehead atoms. The quantitative estimate of drug-likeness (QED) is 0.496. The van der Waals surface area contributed by atoms with Crippen molar-refractivity contribution < 1.29 is 9.59 Å². The van der Waals surface area contributed by atoms with Crippen LogP contribution >= 0.6 is 11.8 Å². The van der Waals surface area contributed by atoms with Crippen LogP contribution in [-0.4, -0.2) is 57.4 Å². The third-order valence-corrected chi connectivity index (χ3v) is 6.85. The van der Waals surface area contributed by atoms with Crippen molar-refractivity contribution in [1.29, 1.82) is 0 Å². The number of carbonyl (C=O) groups is 2. The number of anilines is 2. The van der Waals surface area contributed by atoms with E-state index in [1.54, 1.807) is 47.1 Å². The molecular weight excluding hydrogens is 448 g/mol. The van der Waals surface area contributed by atoms with Gasteiger partial charge >= 0.3 is 0 Å². The van der Waals surface area contributed by atoms with E-state index in [2.05, 4.69) is 44.7 Å². The van der Waals surface area contributed by atoms with Crippen molar-refractivity contribution in [3.05, 3.63) is 66.0 Å². The molecule has 4 rings (SSSR count). The first kappa shape index (κ1) is 23.8. The summed E-state index contributed by atoms with van der Waals surface area (Å²) < 4.78 is 1.76. The van der Waals surface area contributed by atoms with E-state index in [9.17, 15) is 9.59 Å². The van der Waals surface area contributed by atoms with Crippen molar-refractivity contribution in [2.24, 2.45) is 7.05 Å². The highest BCUT2D eigenvalue weighted by molar-refractivity contribution is 7.99. The Morgan fingerprint density at radius 1 is 1.09 bits per heavy atom. The Hall–Kier alpha value is -3.33. The third-order valence-electron chi connectivity index (χ3n) is 5.82. The van der Waals surface area contributed by atoms with Gasteiger partial charge in [-0.05, 0) is 55.2 Å². The van der Waals surface area contributed by atoms with E-state index in [1.165, 1.54) is 36.7 Å². The van der Waals surface area contributed by atoms with Gasteiger partial charge in [0.1, 0.15) is 6.33 Å². The minimum Gasteiger partial charge on any atom is -0.372 e. The number of hydrogen-bond donors (Lipinski definition) is 1. The van der Waals surface area contributed by atoms with Gasteiger partial charge < -0.3 is 19.7 Å². The standard InChI is InChI=1S/C25H30N6O2S/c1-29(16-19-9-11-22(12-10-19)31-13-4-3-5-14-31)24(33)20-7-6-8-21(15-20)27-23(32)17-34-25-28-26-18-30(25)2/h6-12,15,18H,3-5,13-14,16-17H2,1-2H3,(H,27,32). The van der Waals surface area contributed by atoms with Gasteiger partial charge in [0.25, 0.3) is 5.91 Å². The SMILES string of the molecule is CN(Cc1ccc(N2CCCCC2)cc1)C(=O)c1cccc(NC(=O)CSc2nncn2C)c1. The first-order valence-electron chi connectivity index (χ1n) is 11.5. The molecule has 8 nitrogen and oxygen atoms in total. The number of benzene rings is 2. The van der Waals surface area contributed by atoms with Crippen molar-refractivity contribution in [3.63, 3.8) is 0 Å². The molecule has 0 radical (unpaired) electrons. The van der Waals surface area contributed by atoms with Crippen molar-refractivity contribution >= 4 is 35.0 Å². The predicted octanol–water partition coefficient (Wildman–Crippen LogP) is 3.81. The summed E-state index contributed by atoms with van der Waals surface area (Å²) in [5.41, 5.74) is 3.46. The van der Waals surface area contributed by atoms with Crippen molar-refractivity contribution in [2.45, 2.75) is 31.0 Å². The van der Waals surface area contributed by atoms with Crippen LogP contribution in [0, 0.1) is 0 Å². The number of aromatic nitrogens is 3. The summed E-state index contributed by atoms with van der Waals surface area (Å²) in [4.78, 5) is 29.5. The number of aryl methyl sites for hydroxylation is 1. The van der Waals surface area contributed by atoms with E-state index in [0.717, 1.165) is 18.7 Å². The van der Waals surface area contributed by atoms with Crippen LogP contribution in [0.15, 0.2) is 60.0 Å². The van der Waals surface area contributed by atoms with Gasteiger partial charge in [0.05, 0.1) is 5.75 Å². The zero-order valence-electron chi connectivity index (χ0n) is 19.6. The van der Waals surface area contributed by atoms with Gasteiger partial charge in [-0.25, -0.2) is 0 Å². The minimum absolute atomic E-state index is 0.0929. The average Bonchev–Trinajstić information content (AvgIpc) is 3.28. The van der Waals surface area contributed by atoms with Crippen molar-refractivity contribution in [2.75, 3.05) is 36.1 Å². The Bertz CT molecular complexity index is 1120. The number of amides is 2. The third kappa shape index (κ3) is 6.17. The van der Waals surface area contributed by atoms with Gasteiger partial charge in [0.2, 0.25) is 5.91 Å². The monoisotopic (exact) mass is 478 g/mol. The van der Waals surface area contributed by atoms with Gasteiger partial charge in [-0.1, -0.05) is 30.0 Å². The highest BCUT2D eigenvalue weighted by Gasteiger charge is 2.15. The van der Waals surface area contributed by atoms with E-state index in [1.807, 2.05) is 7.05 Å². The van der Waals surface area contributed by atoms with Gasteiger partial charge in [0, 0.05) is 50.7 Å². The lowest BCUT2D eigenvalue weighted by Gasteiger charge is -2.29. The molecule has 34 heavy (non-hydrogen) atoms. The molecule has 2 heterocycles. The Balaban J connectivity index is 1.32. The van der Waals surface area contributed by atoms with Crippen LogP contribution < -0.4 is 10.2 Å². The van der Waals surface area contributed by atoms with E-state index < -0.39 is 0 Å². The van der Waals surface area contributed by atoms with Crippen LogP contribution in [0.5, 0.6) is 0 Å². The summed E-state index contributed by atoms with van der Waals surface area (Å²) >= 11 is 1.31. The van der Waals surface area contributed by atoms with Gasteiger partial charge in [0.15, 0.2) is 5.16 Å². The van der Waals surface area contributed by atoms with Crippen LogP contribution in [-0.2, 0) is 18.4 Å². The second-order valence-corrected chi connectivity index (χ2v) is 9.46. The van der Waals surface area contributed by atoms with Crippen LogP contribution in [0.25, 0.3) is 0 Å². The molecule has 0 atom stereocenters. The van der Waals surface area contributed by atoms with E-state index in [-0.39, 0.29) is 17.6 Å². The molecule has 178 valence electrons. The molecule has 2 amide bonds. The summed E-state index contributed by atoms with van der Waals surface area (Å²) in [5.74, 6) is -0.0534. The Morgan fingerprint density at radius 2 is 1.85 bits per heavy atom. The number of nitrogens with one attached hydrogen (secondary N) is 1. The normalized spacial score (nSPS) is 13.5. The number of piperidine rings is 1. The van der Waals surface area contributed by atoms with Gasteiger partial charge in [-0.2, -0.15) is 0 Å². The summed E-state index contributed by atoms with van der Waals surface area (Å²) in [5, 5.41) is 11.3. The van der Waals surface area contributed by atoms with Crippen LogP contribution in [0.3, 0.4) is 0 Å². The van der Waals surface area contributed by atoms with Crippen molar-refractivity contribution in [1.82, 2.24) is 19.7 Å². The minimum atomic E-state index is -0.167. The topological polar surface area (TPSA) is 83.4 Å². The number of nitrogens with zero attached hydrogens (tertiary/aromatic N) is 5. The molecule has 0 saturated carbocycles. The highest BCUT2D eigenvalue weighted by Crippen LogP contribution is 2.21. The molecule has 1 N–H and O–H groups in total. The Morgan fingerprint density at radius 3 is 2.56 bits per heavy atom. The largest absolute Gasteiger partial charge is 0.372 e. The molecule has 0 unspecified atom stereocenters. The predicted molar refractivity (Wildman–Crippen MR) is 135 cm³/mol. The molecule has 1 aliphatic heterocycles. The lowest BCUT2D eigenvalue weighted by atomic mass is 10.1. The smallest absolute Gasteiger partial charge is 0.253 e. The lowest BCUT2D eigenvalue weighted by molar-refractivity contribution is -0.113. The lowest BCUT2D eigenvalue weighted by Crippen LogP contribution is -2.29. The van der Waals surface area contributed by atoms with Crippen LogP contribution in [0.4, 0.5) is 11.4 Å². The number of thioether (sulfide) groups is 1. The molecule has 1 aromatic heterocycles. The average molecular weight is 479 g/mol. The molecule has 0 aliphatic carbocycles. The van der Waals surface area contributed by atoms with Gasteiger partial charge in [-0.3, -0.25) is 9.59 Å². The Kier molecular flexibility index (Phi) is 7.84. The Labute approximate surface area is 204 Å². The molecule has 1 aliphatic rings. The fourth-order valence-corrected chi connectivity index (χ4v) is 4.68. The first-order valence-corrected chi connectivity index (χ1v) is 12.4. The number of rotatable bonds is 8. The molecule has 3 aromatic rings. The fourth-order valence-electron chi connectivity index (χ4n) is 3.99.